The third kappa shape index (κ3) is 3.89. The maximum absolute atomic E-state index is 6.20. The molecule has 9 aromatic rings. The number of nitrogens with zero attached hydrogens (tertiary/aromatic N) is 4. The summed E-state index contributed by atoms with van der Waals surface area (Å²) in [6.45, 7) is 0. The Kier molecular flexibility index (Phi) is 5.40. The van der Waals surface area contributed by atoms with Crippen LogP contribution >= 0.6 is 0 Å². The Bertz CT molecular complexity index is 2360. The molecule has 44 heavy (non-hydrogen) atoms. The summed E-state index contributed by atoms with van der Waals surface area (Å²) in [4.78, 5) is 19.9. The first-order chi connectivity index (χ1) is 21.8. The number of hydrogen-bond acceptors (Lipinski definition) is 6. The Hall–Kier alpha value is -6.14. The maximum Gasteiger partial charge on any atom is 0.164 e. The van der Waals surface area contributed by atoms with Crippen molar-refractivity contribution < 1.29 is 8.83 Å². The van der Waals surface area contributed by atoms with E-state index >= 15 is 0 Å². The van der Waals surface area contributed by atoms with E-state index in [0.717, 1.165) is 71.8 Å². The van der Waals surface area contributed by atoms with Gasteiger partial charge in [0.05, 0.1) is 5.39 Å². The normalized spacial score (nSPS) is 11.6. The van der Waals surface area contributed by atoms with Crippen molar-refractivity contribution in [3.8, 4) is 45.3 Å². The monoisotopic (exact) mass is 566 g/mol. The van der Waals surface area contributed by atoms with E-state index in [1.807, 2.05) is 84.9 Å². The molecule has 0 saturated heterocycles. The van der Waals surface area contributed by atoms with Crippen LogP contribution in [0.25, 0.3) is 89.3 Å². The second-order valence-corrected chi connectivity index (χ2v) is 10.7. The Balaban J connectivity index is 1.30. The summed E-state index contributed by atoms with van der Waals surface area (Å²) in [6, 6.07) is 42.4. The van der Waals surface area contributed by atoms with Gasteiger partial charge in [0.1, 0.15) is 22.3 Å². The SMILES string of the molecule is c1ccc(-c2ccc(-c3nc(-c4cccc5oc6ccccc6c45)nc(-c4cccc5oc6cccnc6c45)n3)cc2)cc1. The molecule has 0 spiro atoms. The molecule has 0 radical (unpaired) electrons. The molecule has 0 bridgehead atoms. The van der Waals surface area contributed by atoms with E-state index in [1.165, 1.54) is 0 Å². The minimum atomic E-state index is 0.542. The first kappa shape index (κ1) is 24.5. The highest BCUT2D eigenvalue weighted by atomic mass is 16.3. The number of aromatic nitrogens is 4. The number of para-hydroxylation sites is 1. The number of benzene rings is 5. The lowest BCUT2D eigenvalue weighted by molar-refractivity contribution is 0.668. The smallest absolute Gasteiger partial charge is 0.164 e. The van der Waals surface area contributed by atoms with Crippen LogP contribution in [0.2, 0.25) is 0 Å². The molecular formula is C38H22N4O2. The van der Waals surface area contributed by atoms with E-state index in [1.54, 1.807) is 6.20 Å². The molecule has 0 amide bonds. The molecule has 0 aliphatic rings. The second-order valence-electron chi connectivity index (χ2n) is 10.7. The van der Waals surface area contributed by atoms with Crippen molar-refractivity contribution in [2.24, 2.45) is 0 Å². The molecule has 0 saturated carbocycles. The molecule has 0 N–H and O–H groups in total. The Morgan fingerprint density at radius 1 is 0.386 bits per heavy atom. The summed E-state index contributed by atoms with van der Waals surface area (Å²) in [5.74, 6) is 1.68. The largest absolute Gasteiger partial charge is 0.456 e. The number of pyridine rings is 1. The lowest BCUT2D eigenvalue weighted by atomic mass is 10.0. The van der Waals surface area contributed by atoms with Crippen LogP contribution in [-0.4, -0.2) is 19.9 Å². The van der Waals surface area contributed by atoms with Gasteiger partial charge >= 0.3 is 0 Å². The second kappa shape index (κ2) is 9.71. The van der Waals surface area contributed by atoms with Crippen molar-refractivity contribution >= 4 is 44.0 Å². The lowest BCUT2D eigenvalue weighted by Crippen LogP contribution is -2.00. The van der Waals surface area contributed by atoms with E-state index in [9.17, 15) is 0 Å². The molecule has 6 nitrogen and oxygen atoms in total. The summed E-state index contributed by atoms with van der Waals surface area (Å²) in [5.41, 5.74) is 8.70. The van der Waals surface area contributed by atoms with Gasteiger partial charge in [0.25, 0.3) is 0 Å². The average Bonchev–Trinajstić information content (AvgIpc) is 3.67. The molecule has 5 aromatic carbocycles. The molecule has 0 aliphatic heterocycles. The van der Waals surface area contributed by atoms with Crippen LogP contribution in [0.4, 0.5) is 0 Å². The van der Waals surface area contributed by atoms with Crippen LogP contribution in [0.3, 0.4) is 0 Å². The lowest BCUT2D eigenvalue weighted by Gasteiger charge is -2.10. The van der Waals surface area contributed by atoms with Crippen molar-refractivity contribution in [2.75, 3.05) is 0 Å². The fourth-order valence-electron chi connectivity index (χ4n) is 5.98. The van der Waals surface area contributed by atoms with E-state index in [2.05, 4.69) is 47.4 Å². The number of furan rings is 2. The molecule has 9 rings (SSSR count). The zero-order chi connectivity index (χ0) is 29.0. The van der Waals surface area contributed by atoms with Gasteiger partial charge in [-0.25, -0.2) is 15.0 Å². The average molecular weight is 567 g/mol. The van der Waals surface area contributed by atoms with Crippen LogP contribution in [0.1, 0.15) is 0 Å². The predicted molar refractivity (Wildman–Crippen MR) is 174 cm³/mol. The van der Waals surface area contributed by atoms with Crippen molar-refractivity contribution in [1.29, 1.82) is 0 Å². The first-order valence-corrected chi connectivity index (χ1v) is 14.4. The highest BCUT2D eigenvalue weighted by Crippen LogP contribution is 2.38. The zero-order valence-electron chi connectivity index (χ0n) is 23.3. The zero-order valence-corrected chi connectivity index (χ0v) is 23.3. The molecule has 6 heteroatoms. The minimum Gasteiger partial charge on any atom is -0.456 e. The molecule has 0 aliphatic carbocycles. The van der Waals surface area contributed by atoms with Crippen LogP contribution < -0.4 is 0 Å². The summed E-state index contributed by atoms with van der Waals surface area (Å²) >= 11 is 0. The van der Waals surface area contributed by atoms with E-state index in [-0.39, 0.29) is 0 Å². The van der Waals surface area contributed by atoms with Crippen LogP contribution in [-0.2, 0) is 0 Å². The Labute approximate surface area is 251 Å². The van der Waals surface area contributed by atoms with Gasteiger partial charge in [-0.1, -0.05) is 97.1 Å². The standard InChI is InChI=1S/C38H22N4O2/c1-2-9-23(10-3-1)24-18-20-25(21-19-24)36-40-37(27-12-6-15-30-33(27)26-11-4-5-14-29(26)43-30)42-38(41-36)28-13-7-16-31-34(28)35-32(44-31)17-8-22-39-35/h1-22H. The number of rotatable bonds is 4. The quantitative estimate of drug-likeness (QED) is 0.211. The third-order valence-electron chi connectivity index (χ3n) is 8.02. The molecule has 0 unspecified atom stereocenters. The highest BCUT2D eigenvalue weighted by molar-refractivity contribution is 6.12. The summed E-state index contributed by atoms with van der Waals surface area (Å²) in [7, 11) is 0. The van der Waals surface area contributed by atoms with Crippen molar-refractivity contribution in [1.82, 2.24) is 19.9 Å². The molecule has 0 atom stereocenters. The number of hydrogen-bond donors (Lipinski definition) is 0. The fraction of sp³-hybridized carbons (Fsp3) is 0. The van der Waals surface area contributed by atoms with E-state index in [0.29, 0.717) is 17.5 Å². The van der Waals surface area contributed by atoms with Gasteiger partial charge in [0.15, 0.2) is 23.1 Å². The van der Waals surface area contributed by atoms with Gasteiger partial charge < -0.3 is 8.83 Å². The van der Waals surface area contributed by atoms with Gasteiger partial charge in [-0.2, -0.15) is 0 Å². The minimum absolute atomic E-state index is 0.542. The topological polar surface area (TPSA) is 77.8 Å². The van der Waals surface area contributed by atoms with E-state index in [4.69, 9.17) is 23.8 Å². The highest BCUT2D eigenvalue weighted by Gasteiger charge is 2.20. The fourth-order valence-corrected chi connectivity index (χ4v) is 5.98. The molecule has 0 fully saturated rings. The first-order valence-electron chi connectivity index (χ1n) is 14.4. The van der Waals surface area contributed by atoms with E-state index < -0.39 is 0 Å². The summed E-state index contributed by atoms with van der Waals surface area (Å²) in [6.07, 6.45) is 1.78. The van der Waals surface area contributed by atoms with Gasteiger partial charge in [0.2, 0.25) is 0 Å². The van der Waals surface area contributed by atoms with Crippen molar-refractivity contribution in [2.45, 2.75) is 0 Å². The van der Waals surface area contributed by atoms with Crippen molar-refractivity contribution in [3.05, 3.63) is 134 Å². The van der Waals surface area contributed by atoms with Crippen LogP contribution in [0, 0.1) is 0 Å². The van der Waals surface area contributed by atoms with Crippen molar-refractivity contribution in [3.63, 3.8) is 0 Å². The molecular weight excluding hydrogens is 544 g/mol. The predicted octanol–water partition coefficient (Wildman–Crippen LogP) is 9.73. The molecule has 206 valence electrons. The third-order valence-corrected chi connectivity index (χ3v) is 8.02. The maximum atomic E-state index is 6.20. The van der Waals surface area contributed by atoms with Gasteiger partial charge in [-0.3, -0.25) is 4.98 Å². The van der Waals surface area contributed by atoms with Gasteiger partial charge in [0, 0.05) is 33.7 Å². The summed E-state index contributed by atoms with van der Waals surface area (Å²) in [5, 5.41) is 2.86. The number of fused-ring (bicyclic) bond motifs is 6. The van der Waals surface area contributed by atoms with Gasteiger partial charge in [-0.15, -0.1) is 0 Å². The Morgan fingerprint density at radius 2 is 0.955 bits per heavy atom. The molecule has 4 heterocycles. The molecule has 4 aromatic heterocycles. The van der Waals surface area contributed by atoms with Crippen LogP contribution in [0.15, 0.2) is 142 Å². The van der Waals surface area contributed by atoms with Gasteiger partial charge in [-0.05, 0) is 41.5 Å². The van der Waals surface area contributed by atoms with Crippen LogP contribution in [0.5, 0.6) is 0 Å². The summed E-state index contributed by atoms with van der Waals surface area (Å²) < 4.78 is 12.4. The Morgan fingerprint density at radius 3 is 1.75 bits per heavy atom.